The molecule has 140 valence electrons. The average Bonchev–Trinajstić information content (AvgIpc) is 3.21. The molecule has 0 aliphatic heterocycles. The van der Waals surface area contributed by atoms with Gasteiger partial charge in [-0.05, 0) is 50.3 Å². The van der Waals surface area contributed by atoms with Gasteiger partial charge in [0.05, 0.1) is 5.56 Å². The van der Waals surface area contributed by atoms with Crippen molar-refractivity contribution < 1.29 is 22.7 Å². The molecule has 25 heavy (non-hydrogen) atoms. The van der Waals surface area contributed by atoms with Crippen molar-refractivity contribution in [2.45, 2.75) is 44.9 Å². The fourth-order valence-corrected chi connectivity index (χ4v) is 2.90. The Bertz CT molecular complexity index is 655. The fraction of sp³-hybridized carbons (Fsp3) is 0.588. The SMILES string of the molecule is CN(CC1CC1)c1cc(CC(C)(C)OC(N)=O)c(N)cc1C(F)(F)F. The van der Waals surface area contributed by atoms with Gasteiger partial charge in [0.25, 0.3) is 0 Å². The maximum Gasteiger partial charge on any atom is 0.418 e. The van der Waals surface area contributed by atoms with E-state index >= 15 is 0 Å². The first-order valence-corrected chi connectivity index (χ1v) is 8.08. The number of benzene rings is 1. The van der Waals surface area contributed by atoms with Crippen LogP contribution in [0.2, 0.25) is 0 Å². The van der Waals surface area contributed by atoms with E-state index in [1.807, 2.05) is 0 Å². The molecule has 4 N–H and O–H groups in total. The van der Waals surface area contributed by atoms with Crippen LogP contribution in [0, 0.1) is 5.92 Å². The first kappa shape index (κ1) is 19.2. The third-order valence-electron chi connectivity index (χ3n) is 4.20. The van der Waals surface area contributed by atoms with Crippen molar-refractivity contribution in [3.8, 4) is 0 Å². The van der Waals surface area contributed by atoms with Gasteiger partial charge in [0.2, 0.25) is 0 Å². The minimum atomic E-state index is -4.50. The fourth-order valence-electron chi connectivity index (χ4n) is 2.90. The van der Waals surface area contributed by atoms with E-state index in [0.717, 1.165) is 18.9 Å². The molecule has 1 aromatic carbocycles. The van der Waals surface area contributed by atoms with Crippen LogP contribution in [0.3, 0.4) is 0 Å². The van der Waals surface area contributed by atoms with Crippen molar-refractivity contribution in [2.24, 2.45) is 11.7 Å². The predicted octanol–water partition coefficient (Wildman–Crippen LogP) is 3.55. The van der Waals surface area contributed by atoms with Crippen LogP contribution in [0.15, 0.2) is 12.1 Å². The normalized spacial score (nSPS) is 15.1. The van der Waals surface area contributed by atoms with E-state index in [-0.39, 0.29) is 17.8 Å². The number of halogens is 3. The van der Waals surface area contributed by atoms with Gasteiger partial charge in [-0.25, -0.2) is 4.79 Å². The van der Waals surface area contributed by atoms with Gasteiger partial charge in [0.1, 0.15) is 5.60 Å². The Morgan fingerprint density at radius 3 is 2.40 bits per heavy atom. The second kappa shape index (κ2) is 6.65. The van der Waals surface area contributed by atoms with Gasteiger partial charge in [-0.3, -0.25) is 0 Å². The third kappa shape index (κ3) is 5.17. The molecule has 0 saturated heterocycles. The summed E-state index contributed by atoms with van der Waals surface area (Å²) in [5.74, 6) is 0.432. The van der Waals surface area contributed by atoms with E-state index in [9.17, 15) is 18.0 Å². The van der Waals surface area contributed by atoms with Gasteiger partial charge >= 0.3 is 12.3 Å². The summed E-state index contributed by atoms with van der Waals surface area (Å²) in [5, 5.41) is 0. The standard InChI is InChI=1S/C17H24F3N3O2/c1-16(2,25-15(22)24)8-11-6-14(23(3)9-10-4-5-10)12(7-13(11)21)17(18,19)20/h6-7,10H,4-5,8-9,21H2,1-3H3,(H2,22,24). The number of hydrogen-bond donors (Lipinski definition) is 2. The zero-order valence-electron chi connectivity index (χ0n) is 14.6. The number of anilines is 2. The lowest BCUT2D eigenvalue weighted by atomic mass is 9.94. The molecule has 5 nitrogen and oxygen atoms in total. The van der Waals surface area contributed by atoms with Gasteiger partial charge in [-0.2, -0.15) is 13.2 Å². The van der Waals surface area contributed by atoms with Crippen LogP contribution < -0.4 is 16.4 Å². The van der Waals surface area contributed by atoms with E-state index in [0.29, 0.717) is 18.0 Å². The Morgan fingerprint density at radius 1 is 1.32 bits per heavy atom. The van der Waals surface area contributed by atoms with Crippen LogP contribution in [0.25, 0.3) is 0 Å². The van der Waals surface area contributed by atoms with Crippen molar-refractivity contribution in [3.63, 3.8) is 0 Å². The van der Waals surface area contributed by atoms with Crippen LogP contribution in [0.4, 0.5) is 29.3 Å². The first-order chi connectivity index (χ1) is 11.4. The minimum absolute atomic E-state index is 0.0112. The summed E-state index contributed by atoms with van der Waals surface area (Å²) >= 11 is 0. The Morgan fingerprint density at radius 2 is 1.92 bits per heavy atom. The summed E-state index contributed by atoms with van der Waals surface area (Å²) in [6, 6.07) is 2.39. The number of nitrogen functional groups attached to an aromatic ring is 1. The topological polar surface area (TPSA) is 81.6 Å². The van der Waals surface area contributed by atoms with Gasteiger partial charge in [0.15, 0.2) is 0 Å². The number of nitrogens with two attached hydrogens (primary N) is 2. The molecule has 2 rings (SSSR count). The summed E-state index contributed by atoms with van der Waals surface area (Å²) in [6.45, 7) is 3.82. The van der Waals surface area contributed by atoms with E-state index in [2.05, 4.69) is 0 Å². The highest BCUT2D eigenvalue weighted by atomic mass is 19.4. The second-order valence-electron chi connectivity index (χ2n) is 7.25. The molecule has 0 unspecified atom stereocenters. The number of carbonyl (C=O) groups excluding carboxylic acids is 1. The summed E-state index contributed by atoms with van der Waals surface area (Å²) in [5.41, 5.74) is 9.73. The molecular weight excluding hydrogens is 335 g/mol. The van der Waals surface area contributed by atoms with Gasteiger partial charge in [-0.1, -0.05) is 0 Å². The number of nitrogens with zero attached hydrogens (tertiary/aromatic N) is 1. The summed E-state index contributed by atoms with van der Waals surface area (Å²) in [6.07, 6.45) is -3.22. The number of alkyl halides is 3. The molecule has 1 aliphatic carbocycles. The summed E-state index contributed by atoms with van der Waals surface area (Å²) in [7, 11) is 1.65. The maximum atomic E-state index is 13.4. The van der Waals surface area contributed by atoms with Crippen LogP contribution in [-0.2, 0) is 17.3 Å². The molecule has 8 heteroatoms. The summed E-state index contributed by atoms with van der Waals surface area (Å²) in [4.78, 5) is 12.6. The third-order valence-corrected chi connectivity index (χ3v) is 4.20. The van der Waals surface area contributed by atoms with Crippen molar-refractivity contribution in [1.82, 2.24) is 0 Å². The molecule has 0 atom stereocenters. The van der Waals surface area contributed by atoms with E-state index in [1.54, 1.807) is 25.8 Å². The molecule has 1 aliphatic rings. The number of ether oxygens (including phenoxy) is 1. The molecule has 0 bridgehead atoms. The largest absolute Gasteiger partial charge is 0.443 e. The quantitative estimate of drug-likeness (QED) is 0.761. The zero-order chi connectivity index (χ0) is 19.0. The lowest BCUT2D eigenvalue weighted by molar-refractivity contribution is -0.137. The highest BCUT2D eigenvalue weighted by molar-refractivity contribution is 5.66. The van der Waals surface area contributed by atoms with Crippen molar-refractivity contribution >= 4 is 17.5 Å². The second-order valence-corrected chi connectivity index (χ2v) is 7.25. The lowest BCUT2D eigenvalue weighted by Crippen LogP contribution is -2.33. The number of carbonyl (C=O) groups is 1. The zero-order valence-corrected chi connectivity index (χ0v) is 14.6. The molecule has 1 saturated carbocycles. The van der Waals surface area contributed by atoms with Gasteiger partial charge in [0, 0.05) is 31.4 Å². The van der Waals surface area contributed by atoms with Gasteiger partial charge in [-0.15, -0.1) is 0 Å². The number of rotatable bonds is 6. The Balaban J connectivity index is 2.39. The maximum absolute atomic E-state index is 13.4. The van der Waals surface area contributed by atoms with Gasteiger partial charge < -0.3 is 21.1 Å². The number of amides is 1. The first-order valence-electron chi connectivity index (χ1n) is 8.08. The van der Waals surface area contributed by atoms with Crippen molar-refractivity contribution in [3.05, 3.63) is 23.3 Å². The Kier molecular flexibility index (Phi) is 5.11. The highest BCUT2D eigenvalue weighted by Crippen LogP contribution is 2.41. The number of primary amides is 1. The Labute approximate surface area is 145 Å². The van der Waals surface area contributed by atoms with E-state index < -0.39 is 23.4 Å². The molecule has 0 spiro atoms. The molecule has 0 radical (unpaired) electrons. The average molecular weight is 359 g/mol. The minimum Gasteiger partial charge on any atom is -0.443 e. The molecule has 0 aromatic heterocycles. The van der Waals surface area contributed by atoms with Crippen molar-refractivity contribution in [2.75, 3.05) is 24.2 Å². The monoisotopic (exact) mass is 359 g/mol. The van der Waals surface area contributed by atoms with Crippen LogP contribution in [0.5, 0.6) is 0 Å². The molecule has 1 amide bonds. The molecule has 1 aromatic rings. The van der Waals surface area contributed by atoms with Crippen LogP contribution in [0.1, 0.15) is 37.8 Å². The lowest BCUT2D eigenvalue weighted by Gasteiger charge is -2.28. The Hall–Kier alpha value is -2.12. The number of hydrogen-bond acceptors (Lipinski definition) is 4. The molecule has 1 fully saturated rings. The summed E-state index contributed by atoms with van der Waals surface area (Å²) < 4.78 is 45.3. The smallest absolute Gasteiger partial charge is 0.418 e. The highest BCUT2D eigenvalue weighted by Gasteiger charge is 2.37. The molecular formula is C17H24F3N3O2. The van der Waals surface area contributed by atoms with Crippen molar-refractivity contribution in [1.29, 1.82) is 0 Å². The van der Waals surface area contributed by atoms with E-state index in [4.69, 9.17) is 16.2 Å². The molecule has 0 heterocycles. The van der Waals surface area contributed by atoms with Crippen LogP contribution in [-0.4, -0.2) is 25.3 Å². The predicted molar refractivity (Wildman–Crippen MR) is 90.3 cm³/mol. The van der Waals surface area contributed by atoms with E-state index in [1.165, 1.54) is 6.07 Å². The van der Waals surface area contributed by atoms with Crippen LogP contribution >= 0.6 is 0 Å².